The highest BCUT2D eigenvalue weighted by Gasteiger charge is 1.51. The van der Waals surface area contributed by atoms with E-state index in [1.165, 1.54) is 0 Å². The van der Waals surface area contributed by atoms with Crippen molar-refractivity contribution in [3.8, 4) is 4.98 Å². The first-order chi connectivity index (χ1) is 4.74. The summed E-state index contributed by atoms with van der Waals surface area (Å²) in [6, 6.07) is 0. The van der Waals surface area contributed by atoms with Gasteiger partial charge in [0.25, 0.3) is 0 Å². The molecule has 0 atom stereocenters. The van der Waals surface area contributed by atoms with Crippen LogP contribution in [-0.4, -0.2) is 25.4 Å². The van der Waals surface area contributed by atoms with Crippen molar-refractivity contribution in [2.24, 2.45) is 0 Å². The fraction of sp³-hybridized carbons (Fsp3) is 0.857. The molecular formula is C7H18BrNO2. The van der Waals surface area contributed by atoms with Crippen LogP contribution >= 0.6 is 15.9 Å². The van der Waals surface area contributed by atoms with Crippen LogP contribution in [0.5, 0.6) is 0 Å². The number of halogens is 1. The van der Waals surface area contributed by atoms with Crippen LogP contribution in [0, 0.1) is 10.2 Å². The van der Waals surface area contributed by atoms with Gasteiger partial charge in [0.1, 0.15) is 4.98 Å². The lowest BCUT2D eigenvalue weighted by Gasteiger charge is -1.76. The van der Waals surface area contributed by atoms with E-state index in [4.69, 9.17) is 10.4 Å². The molecule has 0 aromatic rings. The number of hydrogen-bond acceptors (Lipinski definition) is 3. The second kappa shape index (κ2) is 51.7. The fourth-order valence-corrected chi connectivity index (χ4v) is 0. The maximum Gasteiger partial charge on any atom is 0.142 e. The maximum atomic E-state index is 7.57. The summed E-state index contributed by atoms with van der Waals surface area (Å²) in [6.07, 6.45) is 0. The molecule has 0 bridgehead atoms. The molecule has 0 fully saturated rings. The highest BCUT2D eigenvalue weighted by atomic mass is 79.9. The molecule has 0 aliphatic heterocycles. The van der Waals surface area contributed by atoms with Gasteiger partial charge in [0.05, 0.1) is 0 Å². The SMILES string of the molecule is C.CCO.CCOC.N#CBr. The van der Waals surface area contributed by atoms with Gasteiger partial charge in [-0.05, 0) is 13.8 Å². The summed E-state index contributed by atoms with van der Waals surface area (Å²) in [7, 11) is 1.68. The van der Waals surface area contributed by atoms with Gasteiger partial charge in [-0.1, -0.05) is 7.43 Å². The monoisotopic (exact) mass is 227 g/mol. The molecule has 0 spiro atoms. The second-order valence-corrected chi connectivity index (χ2v) is 1.33. The first-order valence-electron chi connectivity index (χ1n) is 2.84. The Morgan fingerprint density at radius 2 is 1.64 bits per heavy atom. The zero-order chi connectivity index (χ0) is 8.83. The fourth-order valence-electron chi connectivity index (χ4n) is 0. The number of nitriles is 1. The van der Waals surface area contributed by atoms with Gasteiger partial charge in [-0.3, -0.25) is 0 Å². The van der Waals surface area contributed by atoms with E-state index in [2.05, 4.69) is 20.7 Å². The zero-order valence-electron chi connectivity index (χ0n) is 6.59. The molecule has 0 aliphatic carbocycles. The Kier molecular flexibility index (Phi) is 105. The highest BCUT2D eigenvalue weighted by Crippen LogP contribution is 1.58. The number of ether oxygens (including phenoxy) is 1. The van der Waals surface area contributed by atoms with Crippen molar-refractivity contribution in [1.29, 1.82) is 5.26 Å². The number of hydrogen-bond donors (Lipinski definition) is 1. The number of rotatable bonds is 1. The minimum absolute atomic E-state index is 0. The predicted octanol–water partition coefficient (Wildman–Crippen LogP) is 2.15. The lowest BCUT2D eigenvalue weighted by atomic mass is 10.9. The Balaban J connectivity index is -0.0000000325. The van der Waals surface area contributed by atoms with Gasteiger partial charge in [-0.2, -0.15) is 5.26 Å². The molecule has 0 unspecified atom stereocenters. The van der Waals surface area contributed by atoms with Crippen LogP contribution in [0.25, 0.3) is 0 Å². The largest absolute Gasteiger partial charge is 0.397 e. The Labute approximate surface area is 78.1 Å². The van der Waals surface area contributed by atoms with Crippen LogP contribution in [0.1, 0.15) is 21.3 Å². The molecule has 0 heterocycles. The number of methoxy groups -OCH3 is 1. The lowest BCUT2D eigenvalue weighted by molar-refractivity contribution is 0.215. The Bertz CT molecular complexity index is 62.0. The van der Waals surface area contributed by atoms with Gasteiger partial charge >= 0.3 is 0 Å². The number of nitrogens with zero attached hydrogens (tertiary/aromatic N) is 1. The molecule has 0 aromatic heterocycles. The molecule has 0 rings (SSSR count). The van der Waals surface area contributed by atoms with Gasteiger partial charge in [-0.25, -0.2) is 0 Å². The third kappa shape index (κ3) is 777. The van der Waals surface area contributed by atoms with Crippen molar-refractivity contribution in [1.82, 2.24) is 0 Å². The van der Waals surface area contributed by atoms with E-state index in [0.717, 1.165) is 6.61 Å². The molecule has 1 N–H and O–H groups in total. The summed E-state index contributed by atoms with van der Waals surface area (Å²) >= 11 is 2.45. The normalized spacial score (nSPS) is 5.09. The minimum Gasteiger partial charge on any atom is -0.397 e. The highest BCUT2D eigenvalue weighted by molar-refractivity contribution is 9.12. The summed E-state index contributed by atoms with van der Waals surface area (Å²) in [5, 5.41) is 14.8. The molecule has 70 valence electrons. The van der Waals surface area contributed by atoms with Crippen LogP contribution in [-0.2, 0) is 4.74 Å². The molecule has 4 heteroatoms. The third-order valence-electron chi connectivity index (χ3n) is 0.289. The average Bonchev–Trinajstić information content (AvgIpc) is 1.91. The smallest absolute Gasteiger partial charge is 0.142 e. The summed E-state index contributed by atoms with van der Waals surface area (Å²) in [5.41, 5.74) is 0. The summed E-state index contributed by atoms with van der Waals surface area (Å²) in [4.78, 5) is 1.56. The Morgan fingerprint density at radius 1 is 1.55 bits per heavy atom. The van der Waals surface area contributed by atoms with E-state index in [-0.39, 0.29) is 14.0 Å². The summed E-state index contributed by atoms with van der Waals surface area (Å²) in [5.74, 6) is 0. The molecule has 0 radical (unpaired) electrons. The molecule has 3 nitrogen and oxygen atoms in total. The van der Waals surface area contributed by atoms with Gasteiger partial charge in [0.15, 0.2) is 0 Å². The van der Waals surface area contributed by atoms with E-state index in [9.17, 15) is 0 Å². The van der Waals surface area contributed by atoms with E-state index < -0.39 is 0 Å². The topological polar surface area (TPSA) is 53.2 Å². The number of aliphatic hydroxyl groups excluding tert-OH is 1. The Hall–Kier alpha value is -0.110. The quantitative estimate of drug-likeness (QED) is 0.748. The van der Waals surface area contributed by atoms with Crippen molar-refractivity contribution in [2.75, 3.05) is 20.3 Å². The van der Waals surface area contributed by atoms with Crippen LogP contribution in [0.4, 0.5) is 0 Å². The molecule has 11 heavy (non-hydrogen) atoms. The molecule has 0 aliphatic rings. The molecular weight excluding hydrogens is 210 g/mol. The molecule has 0 saturated carbocycles. The summed E-state index contributed by atoms with van der Waals surface area (Å²) in [6.45, 7) is 4.71. The predicted molar refractivity (Wildman–Crippen MR) is 51.6 cm³/mol. The molecule has 0 saturated heterocycles. The zero-order valence-corrected chi connectivity index (χ0v) is 8.18. The van der Waals surface area contributed by atoms with Crippen molar-refractivity contribution in [3.05, 3.63) is 0 Å². The van der Waals surface area contributed by atoms with Crippen LogP contribution in [0.2, 0.25) is 0 Å². The van der Waals surface area contributed by atoms with Gasteiger partial charge in [0, 0.05) is 36.3 Å². The lowest BCUT2D eigenvalue weighted by Crippen LogP contribution is -1.73. The van der Waals surface area contributed by atoms with Gasteiger partial charge in [-0.15, -0.1) is 0 Å². The third-order valence-corrected chi connectivity index (χ3v) is 0.289. The standard InChI is InChI=1S/C3H8O.C2H6O.CBrN.CH4/c1-3-4-2;1-2-3;2-1-3;/h3H2,1-2H3;3H,2H2,1H3;;1H4. The van der Waals surface area contributed by atoms with Crippen molar-refractivity contribution >= 4 is 15.9 Å². The van der Waals surface area contributed by atoms with Crippen LogP contribution in [0.3, 0.4) is 0 Å². The van der Waals surface area contributed by atoms with E-state index in [1.807, 2.05) is 6.92 Å². The van der Waals surface area contributed by atoms with Gasteiger partial charge < -0.3 is 9.84 Å². The first-order valence-corrected chi connectivity index (χ1v) is 3.63. The summed E-state index contributed by atoms with van der Waals surface area (Å²) < 4.78 is 4.54. The second-order valence-electron chi connectivity index (χ2n) is 0.978. The maximum absolute atomic E-state index is 7.57. The van der Waals surface area contributed by atoms with Crippen molar-refractivity contribution in [2.45, 2.75) is 21.3 Å². The van der Waals surface area contributed by atoms with Crippen LogP contribution in [0.15, 0.2) is 0 Å². The van der Waals surface area contributed by atoms with Crippen LogP contribution < -0.4 is 0 Å². The molecule has 0 amide bonds. The van der Waals surface area contributed by atoms with Crippen molar-refractivity contribution < 1.29 is 9.84 Å². The minimum atomic E-state index is 0. The Morgan fingerprint density at radius 3 is 1.64 bits per heavy atom. The molecule has 0 aromatic carbocycles. The van der Waals surface area contributed by atoms with Gasteiger partial charge in [0.2, 0.25) is 0 Å². The van der Waals surface area contributed by atoms with Crippen molar-refractivity contribution in [3.63, 3.8) is 0 Å². The first kappa shape index (κ1) is 22.4. The van der Waals surface area contributed by atoms with E-state index in [0.29, 0.717) is 0 Å². The average molecular weight is 228 g/mol. The van der Waals surface area contributed by atoms with E-state index >= 15 is 0 Å². The number of aliphatic hydroxyl groups is 1. The van der Waals surface area contributed by atoms with E-state index in [1.54, 1.807) is 19.0 Å².